The number of nitrogens with zero attached hydrogens (tertiary/aromatic N) is 1. The number of nitrogens with two attached hydrogens (primary N) is 1. The topological polar surface area (TPSA) is 86.8 Å². The molecule has 2 aromatic rings. The van der Waals surface area contributed by atoms with Gasteiger partial charge in [-0.1, -0.05) is 36.1 Å². The van der Waals surface area contributed by atoms with Crippen LogP contribution in [0.5, 0.6) is 0 Å². The number of amides is 2. The Morgan fingerprint density at radius 3 is 2.35 bits per heavy atom. The molecule has 0 fully saturated rings. The molecular weight excluding hydrogens is 299 g/mol. The second-order valence-electron chi connectivity index (χ2n) is 4.82. The summed E-state index contributed by atoms with van der Waals surface area (Å²) in [5, 5.41) is 19.7. The van der Waals surface area contributed by atoms with Gasteiger partial charge in [0, 0.05) is 5.56 Å². The molecule has 2 rings (SSSR count). The van der Waals surface area contributed by atoms with Crippen LogP contribution in [0, 0.1) is 17.7 Å². The van der Waals surface area contributed by atoms with E-state index in [1.807, 2.05) is 0 Å². The van der Waals surface area contributed by atoms with Gasteiger partial charge in [-0.25, -0.2) is 14.2 Å². The van der Waals surface area contributed by atoms with Crippen LogP contribution in [0.4, 0.5) is 9.18 Å². The molecule has 0 aliphatic carbocycles. The van der Waals surface area contributed by atoms with Crippen LogP contribution in [0.1, 0.15) is 22.8 Å². The molecule has 0 aliphatic heterocycles. The highest BCUT2D eigenvalue weighted by Gasteiger charge is 2.08. The summed E-state index contributed by atoms with van der Waals surface area (Å²) in [6.45, 7) is -0.0486. The normalized spacial score (nSPS) is 11.3. The van der Waals surface area contributed by atoms with E-state index in [0.29, 0.717) is 21.8 Å². The van der Waals surface area contributed by atoms with Gasteiger partial charge in [-0.15, -0.1) is 0 Å². The van der Waals surface area contributed by atoms with Gasteiger partial charge < -0.3 is 10.8 Å². The number of aliphatic hydroxyl groups excluding tert-OH is 1. The third-order valence-electron chi connectivity index (χ3n) is 3.08. The van der Waals surface area contributed by atoms with E-state index in [9.17, 15) is 19.5 Å². The monoisotopic (exact) mass is 314 g/mol. The van der Waals surface area contributed by atoms with Gasteiger partial charge in [-0.2, -0.15) is 0 Å². The summed E-state index contributed by atoms with van der Waals surface area (Å²) in [7, 11) is 0. The number of halogens is 1. The van der Waals surface area contributed by atoms with Crippen LogP contribution in [-0.4, -0.2) is 21.4 Å². The fourth-order valence-corrected chi connectivity index (χ4v) is 1.82. The van der Waals surface area contributed by atoms with Gasteiger partial charge in [0.1, 0.15) is 11.9 Å². The van der Waals surface area contributed by atoms with Crippen molar-refractivity contribution in [1.29, 1.82) is 0 Å². The maximum Gasteiger partial charge on any atom is 0.338 e. The maximum atomic E-state index is 12.8. The number of carbonyl (C=O) groups excluding carboxylic acids is 1. The summed E-state index contributed by atoms with van der Waals surface area (Å²) in [5.41, 5.74) is 6.73. The van der Waals surface area contributed by atoms with E-state index >= 15 is 0 Å². The second-order valence-corrected chi connectivity index (χ2v) is 4.82. The lowest BCUT2D eigenvalue weighted by Gasteiger charge is -2.12. The Morgan fingerprint density at radius 1 is 1.17 bits per heavy atom. The van der Waals surface area contributed by atoms with Crippen LogP contribution in [-0.2, 0) is 6.54 Å². The SMILES string of the molecule is NC(=O)N(O)Cc1ccc(C(O)C#Cc2ccc(F)cc2)cc1. The number of hydrogen-bond donors (Lipinski definition) is 3. The zero-order valence-electron chi connectivity index (χ0n) is 12.1. The van der Waals surface area contributed by atoms with Crippen LogP contribution >= 0.6 is 0 Å². The number of hydrogen-bond acceptors (Lipinski definition) is 3. The number of hydroxylamine groups is 2. The molecule has 5 nitrogen and oxygen atoms in total. The Labute approximate surface area is 132 Å². The Hall–Kier alpha value is -2.88. The van der Waals surface area contributed by atoms with Crippen molar-refractivity contribution in [2.75, 3.05) is 0 Å². The summed E-state index contributed by atoms with van der Waals surface area (Å²) in [5.74, 6) is 5.07. The Kier molecular flexibility index (Phi) is 5.31. The van der Waals surface area contributed by atoms with Gasteiger partial charge in [0.15, 0.2) is 0 Å². The first-order chi connectivity index (χ1) is 11.0. The van der Waals surface area contributed by atoms with Crippen molar-refractivity contribution in [2.45, 2.75) is 12.6 Å². The molecular formula is C17H15FN2O3. The molecule has 0 saturated carbocycles. The highest BCUT2D eigenvalue weighted by Crippen LogP contribution is 2.14. The first kappa shape index (κ1) is 16.5. The molecule has 0 saturated heterocycles. The van der Waals surface area contributed by atoms with Crippen molar-refractivity contribution < 1.29 is 19.5 Å². The average molecular weight is 314 g/mol. The van der Waals surface area contributed by atoms with E-state index in [2.05, 4.69) is 11.8 Å². The zero-order chi connectivity index (χ0) is 16.8. The summed E-state index contributed by atoms with van der Waals surface area (Å²) in [6, 6.07) is 11.3. The molecule has 23 heavy (non-hydrogen) atoms. The lowest BCUT2D eigenvalue weighted by molar-refractivity contribution is -0.0470. The largest absolute Gasteiger partial charge is 0.376 e. The molecule has 0 bridgehead atoms. The molecule has 1 unspecified atom stereocenters. The standard InChI is InChI=1S/C17H15FN2O3/c18-15-8-3-12(4-9-15)5-10-16(21)14-6-1-13(2-7-14)11-20(23)17(19)22/h1-4,6-9,16,21,23H,11H2,(H2,19,22). The predicted molar refractivity (Wildman–Crippen MR) is 81.6 cm³/mol. The van der Waals surface area contributed by atoms with Crippen molar-refractivity contribution in [2.24, 2.45) is 5.73 Å². The van der Waals surface area contributed by atoms with E-state index in [1.165, 1.54) is 24.3 Å². The minimum Gasteiger partial charge on any atom is -0.376 e. The number of primary amides is 1. The molecule has 0 radical (unpaired) electrons. The summed E-state index contributed by atoms with van der Waals surface area (Å²) >= 11 is 0. The third-order valence-corrected chi connectivity index (χ3v) is 3.08. The Morgan fingerprint density at radius 2 is 1.78 bits per heavy atom. The maximum absolute atomic E-state index is 12.8. The lowest BCUT2D eigenvalue weighted by atomic mass is 10.1. The van der Waals surface area contributed by atoms with Gasteiger partial charge in [-0.3, -0.25) is 5.21 Å². The van der Waals surface area contributed by atoms with Gasteiger partial charge >= 0.3 is 6.03 Å². The molecule has 2 aromatic carbocycles. The molecule has 4 N–H and O–H groups in total. The number of urea groups is 1. The van der Waals surface area contributed by atoms with E-state index in [0.717, 1.165) is 0 Å². The van der Waals surface area contributed by atoms with E-state index in [4.69, 9.17) is 5.73 Å². The molecule has 0 spiro atoms. The highest BCUT2D eigenvalue weighted by molar-refractivity contribution is 5.70. The summed E-state index contributed by atoms with van der Waals surface area (Å²) in [6.07, 6.45) is -1.00. The number of benzene rings is 2. The molecule has 1 atom stereocenters. The number of rotatable bonds is 3. The number of carbonyl (C=O) groups is 1. The molecule has 118 valence electrons. The van der Waals surface area contributed by atoms with Crippen LogP contribution in [0.3, 0.4) is 0 Å². The van der Waals surface area contributed by atoms with Crippen molar-refractivity contribution in [3.63, 3.8) is 0 Å². The molecule has 0 aromatic heterocycles. The van der Waals surface area contributed by atoms with Crippen molar-refractivity contribution in [1.82, 2.24) is 5.06 Å². The first-order valence-corrected chi connectivity index (χ1v) is 6.75. The minimum atomic E-state index is -1.00. The number of aliphatic hydroxyl groups is 1. The molecule has 0 heterocycles. The third kappa shape index (κ3) is 4.81. The smallest absolute Gasteiger partial charge is 0.338 e. The highest BCUT2D eigenvalue weighted by atomic mass is 19.1. The molecule has 2 amide bonds. The van der Waals surface area contributed by atoms with Crippen LogP contribution < -0.4 is 5.73 Å². The van der Waals surface area contributed by atoms with Gasteiger partial charge in [0.05, 0.1) is 6.54 Å². The van der Waals surface area contributed by atoms with E-state index < -0.39 is 12.1 Å². The molecule has 0 aliphatic rings. The second kappa shape index (κ2) is 7.40. The van der Waals surface area contributed by atoms with Crippen LogP contribution in [0.15, 0.2) is 48.5 Å². The lowest BCUT2D eigenvalue weighted by Crippen LogP contribution is -2.31. The Balaban J connectivity index is 2.04. The van der Waals surface area contributed by atoms with E-state index in [-0.39, 0.29) is 12.4 Å². The van der Waals surface area contributed by atoms with Gasteiger partial charge in [0.25, 0.3) is 0 Å². The summed E-state index contributed by atoms with van der Waals surface area (Å²) < 4.78 is 12.8. The quantitative estimate of drug-likeness (QED) is 0.461. The minimum absolute atomic E-state index is 0.0486. The zero-order valence-corrected chi connectivity index (χ0v) is 12.1. The fourth-order valence-electron chi connectivity index (χ4n) is 1.82. The van der Waals surface area contributed by atoms with Gasteiger partial charge in [-0.05, 0) is 35.4 Å². The molecule has 6 heteroatoms. The van der Waals surface area contributed by atoms with Crippen molar-refractivity contribution in [3.05, 3.63) is 71.0 Å². The fraction of sp³-hybridized carbons (Fsp3) is 0.118. The van der Waals surface area contributed by atoms with Crippen molar-refractivity contribution >= 4 is 6.03 Å². The predicted octanol–water partition coefficient (Wildman–Crippen LogP) is 2.18. The summed E-state index contributed by atoms with van der Waals surface area (Å²) in [4.78, 5) is 10.7. The first-order valence-electron chi connectivity index (χ1n) is 6.75. The van der Waals surface area contributed by atoms with Gasteiger partial charge in [0.2, 0.25) is 0 Å². The van der Waals surface area contributed by atoms with Crippen LogP contribution in [0.2, 0.25) is 0 Å². The van der Waals surface area contributed by atoms with Crippen molar-refractivity contribution in [3.8, 4) is 11.8 Å². The van der Waals surface area contributed by atoms with E-state index in [1.54, 1.807) is 24.3 Å². The Bertz CT molecular complexity index is 733. The van der Waals surface area contributed by atoms with Crippen LogP contribution in [0.25, 0.3) is 0 Å². The average Bonchev–Trinajstić information content (AvgIpc) is 2.54.